The fraction of sp³-hybridized carbons (Fsp3) is 0.524. The average molecular weight is 388 g/mol. The Morgan fingerprint density at radius 3 is 2.93 bits per heavy atom. The van der Waals surface area contributed by atoms with Crippen molar-refractivity contribution in [3.63, 3.8) is 0 Å². The van der Waals surface area contributed by atoms with Crippen LogP contribution in [0.2, 0.25) is 0 Å². The van der Waals surface area contributed by atoms with E-state index in [9.17, 15) is 9.18 Å². The van der Waals surface area contributed by atoms with E-state index in [1.807, 2.05) is 17.9 Å². The number of hydrogen-bond acceptors (Lipinski definition) is 4. The number of nitrogens with zero attached hydrogens (tertiary/aromatic N) is 2. The van der Waals surface area contributed by atoms with Crippen LogP contribution in [0.3, 0.4) is 0 Å². The zero-order chi connectivity index (χ0) is 18.8. The molecule has 2 aliphatic rings. The van der Waals surface area contributed by atoms with Crippen molar-refractivity contribution < 1.29 is 9.18 Å². The SMILES string of the molecule is CCC(=O)N1CCC(CNc2nc3c(s2)CCCc2ccc(F)cc2-3)CC1. The number of hydrogen-bond donors (Lipinski definition) is 1. The van der Waals surface area contributed by atoms with Crippen LogP contribution in [-0.4, -0.2) is 35.4 Å². The fourth-order valence-corrected chi connectivity index (χ4v) is 5.10. The quantitative estimate of drug-likeness (QED) is 0.840. The number of amides is 1. The van der Waals surface area contributed by atoms with Gasteiger partial charge in [0.2, 0.25) is 5.91 Å². The lowest BCUT2D eigenvalue weighted by Crippen LogP contribution is -2.39. The van der Waals surface area contributed by atoms with Crippen molar-refractivity contribution in [3.8, 4) is 11.3 Å². The molecule has 144 valence electrons. The lowest BCUT2D eigenvalue weighted by molar-refractivity contribution is -0.132. The lowest BCUT2D eigenvalue weighted by Gasteiger charge is -2.31. The maximum atomic E-state index is 13.8. The van der Waals surface area contributed by atoms with Gasteiger partial charge in [-0.25, -0.2) is 9.37 Å². The summed E-state index contributed by atoms with van der Waals surface area (Å²) in [6, 6.07) is 5.08. The molecule has 6 heteroatoms. The number of piperidine rings is 1. The lowest BCUT2D eigenvalue weighted by atomic mass is 9.96. The molecular formula is C21H26FN3OS. The highest BCUT2D eigenvalue weighted by Crippen LogP contribution is 2.37. The Labute approximate surface area is 163 Å². The molecule has 27 heavy (non-hydrogen) atoms. The molecule has 1 aliphatic carbocycles. The van der Waals surface area contributed by atoms with Gasteiger partial charge < -0.3 is 10.2 Å². The highest BCUT2D eigenvalue weighted by molar-refractivity contribution is 7.16. The largest absolute Gasteiger partial charge is 0.361 e. The van der Waals surface area contributed by atoms with E-state index in [0.717, 1.165) is 68.1 Å². The fourth-order valence-electron chi connectivity index (χ4n) is 4.08. The topological polar surface area (TPSA) is 45.2 Å². The number of nitrogens with one attached hydrogen (secondary N) is 1. The van der Waals surface area contributed by atoms with E-state index >= 15 is 0 Å². The van der Waals surface area contributed by atoms with Crippen molar-refractivity contribution in [1.82, 2.24) is 9.88 Å². The zero-order valence-corrected chi connectivity index (χ0v) is 16.6. The van der Waals surface area contributed by atoms with Gasteiger partial charge in [0.1, 0.15) is 5.82 Å². The Kier molecular flexibility index (Phi) is 5.43. The molecule has 1 aromatic heterocycles. The van der Waals surface area contributed by atoms with Gasteiger partial charge in [0.15, 0.2) is 5.13 Å². The number of benzene rings is 1. The number of anilines is 1. The summed E-state index contributed by atoms with van der Waals surface area (Å²) in [4.78, 5) is 19.8. The standard InChI is InChI=1S/C21H26FN3OS/c1-2-19(26)25-10-8-14(9-11-25)13-23-21-24-20-17-12-16(22)7-6-15(17)4-3-5-18(20)27-21/h6-7,12,14H,2-5,8-11,13H2,1H3,(H,23,24). The summed E-state index contributed by atoms with van der Waals surface area (Å²) in [5.41, 5.74) is 3.11. The van der Waals surface area contributed by atoms with Crippen LogP contribution in [0.4, 0.5) is 9.52 Å². The molecule has 0 saturated carbocycles. The summed E-state index contributed by atoms with van der Waals surface area (Å²) >= 11 is 1.71. The smallest absolute Gasteiger partial charge is 0.222 e. The summed E-state index contributed by atoms with van der Waals surface area (Å²) in [6.45, 7) is 4.53. The number of likely N-dealkylation sites (tertiary alicyclic amines) is 1. The van der Waals surface area contributed by atoms with Crippen molar-refractivity contribution in [3.05, 3.63) is 34.5 Å². The van der Waals surface area contributed by atoms with Crippen LogP contribution in [0.1, 0.15) is 43.0 Å². The molecule has 4 rings (SSSR count). The van der Waals surface area contributed by atoms with Crippen LogP contribution >= 0.6 is 11.3 Å². The van der Waals surface area contributed by atoms with Crippen molar-refractivity contribution in [2.45, 2.75) is 45.4 Å². The molecule has 0 bridgehead atoms. The van der Waals surface area contributed by atoms with E-state index in [-0.39, 0.29) is 11.7 Å². The van der Waals surface area contributed by atoms with Gasteiger partial charge in [-0.15, -0.1) is 11.3 Å². The maximum absolute atomic E-state index is 13.8. The van der Waals surface area contributed by atoms with Gasteiger partial charge in [0.05, 0.1) is 5.69 Å². The summed E-state index contributed by atoms with van der Waals surface area (Å²) in [6.07, 6.45) is 5.74. The van der Waals surface area contributed by atoms with Gasteiger partial charge in [-0.2, -0.15) is 0 Å². The van der Waals surface area contributed by atoms with Crippen LogP contribution in [0.5, 0.6) is 0 Å². The Morgan fingerprint density at radius 2 is 2.15 bits per heavy atom. The molecule has 1 fully saturated rings. The molecule has 1 N–H and O–H groups in total. The van der Waals surface area contributed by atoms with E-state index in [1.54, 1.807) is 23.5 Å². The Bertz CT molecular complexity index is 827. The Balaban J connectivity index is 1.41. The number of thiazole rings is 1. The van der Waals surface area contributed by atoms with E-state index in [2.05, 4.69) is 5.32 Å². The minimum Gasteiger partial charge on any atom is -0.361 e. The molecule has 1 amide bonds. The first-order chi connectivity index (χ1) is 13.1. The predicted octanol–water partition coefficient (Wildman–Crippen LogP) is 4.50. The predicted molar refractivity (Wildman–Crippen MR) is 108 cm³/mol. The first kappa shape index (κ1) is 18.4. The van der Waals surface area contributed by atoms with E-state index < -0.39 is 0 Å². The molecular weight excluding hydrogens is 361 g/mol. The average Bonchev–Trinajstić information content (AvgIpc) is 3.02. The van der Waals surface area contributed by atoms with E-state index in [1.165, 1.54) is 10.4 Å². The van der Waals surface area contributed by atoms with Crippen molar-refractivity contribution in [1.29, 1.82) is 0 Å². The van der Waals surface area contributed by atoms with Crippen molar-refractivity contribution >= 4 is 22.4 Å². The highest BCUT2D eigenvalue weighted by atomic mass is 32.1. The van der Waals surface area contributed by atoms with Crippen molar-refractivity contribution in [2.24, 2.45) is 5.92 Å². The van der Waals surface area contributed by atoms with Crippen LogP contribution in [0, 0.1) is 11.7 Å². The van der Waals surface area contributed by atoms with Gasteiger partial charge in [-0.1, -0.05) is 13.0 Å². The van der Waals surface area contributed by atoms with Crippen LogP contribution in [-0.2, 0) is 17.6 Å². The second-order valence-electron chi connectivity index (χ2n) is 7.50. The highest BCUT2D eigenvalue weighted by Gasteiger charge is 2.23. The maximum Gasteiger partial charge on any atom is 0.222 e. The molecule has 2 aromatic rings. The second kappa shape index (κ2) is 7.97. The molecule has 1 saturated heterocycles. The van der Waals surface area contributed by atoms with Gasteiger partial charge in [-0.05, 0) is 55.7 Å². The molecule has 1 aliphatic heterocycles. The van der Waals surface area contributed by atoms with Gasteiger partial charge >= 0.3 is 0 Å². The minimum absolute atomic E-state index is 0.197. The summed E-state index contributed by atoms with van der Waals surface area (Å²) in [7, 11) is 0. The van der Waals surface area contributed by atoms with E-state index in [0.29, 0.717) is 12.3 Å². The minimum atomic E-state index is -0.197. The number of aromatic nitrogens is 1. The molecule has 2 heterocycles. The monoisotopic (exact) mass is 387 g/mol. The third-order valence-corrected chi connectivity index (χ3v) is 6.76. The zero-order valence-electron chi connectivity index (χ0n) is 15.8. The first-order valence-corrected chi connectivity index (χ1v) is 10.8. The second-order valence-corrected chi connectivity index (χ2v) is 8.59. The van der Waals surface area contributed by atoms with Crippen LogP contribution < -0.4 is 5.32 Å². The normalized spacial score (nSPS) is 17.2. The summed E-state index contributed by atoms with van der Waals surface area (Å²) in [5.74, 6) is 0.632. The number of carbonyl (C=O) groups excluding carboxylic acids is 1. The number of rotatable bonds is 4. The van der Waals surface area contributed by atoms with Crippen LogP contribution in [0.15, 0.2) is 18.2 Å². The first-order valence-electron chi connectivity index (χ1n) is 9.94. The molecule has 1 aromatic carbocycles. The summed E-state index contributed by atoms with van der Waals surface area (Å²) in [5, 5.41) is 4.44. The molecule has 0 spiro atoms. The van der Waals surface area contributed by atoms with Crippen LogP contribution in [0.25, 0.3) is 11.3 Å². The summed E-state index contributed by atoms with van der Waals surface area (Å²) < 4.78 is 13.8. The third kappa shape index (κ3) is 4.00. The van der Waals surface area contributed by atoms with Gasteiger partial charge in [0.25, 0.3) is 0 Å². The third-order valence-electron chi connectivity index (χ3n) is 5.69. The van der Waals surface area contributed by atoms with Gasteiger partial charge in [-0.3, -0.25) is 4.79 Å². The van der Waals surface area contributed by atoms with Gasteiger partial charge in [0, 0.05) is 36.5 Å². The Hall–Kier alpha value is -1.95. The molecule has 0 atom stereocenters. The van der Waals surface area contributed by atoms with E-state index in [4.69, 9.17) is 4.98 Å². The molecule has 4 nitrogen and oxygen atoms in total. The molecule has 0 radical (unpaired) electrons. The Morgan fingerprint density at radius 1 is 1.33 bits per heavy atom. The number of fused-ring (bicyclic) bond motifs is 3. The number of aryl methyl sites for hydroxylation is 2. The number of carbonyl (C=O) groups is 1. The molecule has 0 unspecified atom stereocenters. The number of halogens is 1. The van der Waals surface area contributed by atoms with Crippen molar-refractivity contribution in [2.75, 3.05) is 25.0 Å².